The van der Waals surface area contributed by atoms with Crippen molar-refractivity contribution in [1.29, 1.82) is 0 Å². The fourth-order valence-electron chi connectivity index (χ4n) is 3.31. The Kier molecular flexibility index (Phi) is 22.5. The second-order valence-electron chi connectivity index (χ2n) is 8.94. The molecule has 0 aromatic carbocycles. The van der Waals surface area contributed by atoms with Crippen LogP contribution in [0.1, 0.15) is 90.4 Å². The van der Waals surface area contributed by atoms with Crippen LogP contribution in [-0.4, -0.2) is 51.4 Å². The lowest BCUT2D eigenvalue weighted by Gasteiger charge is -2.20. The summed E-state index contributed by atoms with van der Waals surface area (Å²) in [4.78, 5) is 41.7. The van der Waals surface area contributed by atoms with E-state index in [0.29, 0.717) is 6.42 Å². The molecule has 0 aromatic heterocycles. The van der Waals surface area contributed by atoms with E-state index in [1.165, 1.54) is 25.7 Å². The van der Waals surface area contributed by atoms with Gasteiger partial charge in [-0.25, -0.2) is 9.36 Å². The highest BCUT2D eigenvalue weighted by molar-refractivity contribution is 7.46. The number of unbranched alkanes of at least 4 members (excludes halogenated alkanes) is 8. The van der Waals surface area contributed by atoms with Crippen LogP contribution >= 0.6 is 42.6 Å². The number of allylic oxidation sites excluding steroid dienone is 4. The number of alkyl carbamates (subject to hydrolysis) is 1. The second-order valence-corrected chi connectivity index (χ2v) is 12.7. The average molecular weight is 622 g/mol. The maximum Gasteiger partial charge on any atom is 0.469 e. The van der Waals surface area contributed by atoms with Crippen LogP contribution in [0.15, 0.2) is 24.3 Å². The van der Waals surface area contributed by atoms with Gasteiger partial charge in [0, 0.05) is 13.0 Å². The minimum absolute atomic E-state index is 0.135. The Morgan fingerprint density at radius 2 is 1.55 bits per heavy atom. The van der Waals surface area contributed by atoms with E-state index < -0.39 is 37.0 Å². The first kappa shape index (κ1) is 37.2. The summed E-state index contributed by atoms with van der Waals surface area (Å²) in [5.41, 5.74) is 0. The zero-order valence-corrected chi connectivity index (χ0v) is 25.4. The first-order valence-electron chi connectivity index (χ1n) is 13.2. The molecule has 0 aliphatic heterocycles. The molecule has 38 heavy (non-hydrogen) atoms. The van der Waals surface area contributed by atoms with Crippen molar-refractivity contribution in [3.63, 3.8) is 0 Å². The molecular weight excluding hydrogens is 578 g/mol. The standard InChI is InChI=1S/C25H44Cl3N2O7P/c1-2-3-4-5-6-7-8-9-10-11-12-13-14-15-16-17-23(31)29-19-18-22(20-37-38(33,34)35)30-24(32)36-21-25(26,27)28/h6-7,9-10,22H,2-5,8,11-21H2,1H3,(H,29,31)(H,30,32)(H2,33,34,35). The lowest BCUT2D eigenvalue weighted by molar-refractivity contribution is -0.121. The maximum atomic E-state index is 12.1. The fraction of sp³-hybridized carbons (Fsp3) is 0.760. The number of ether oxygens (including phenoxy) is 1. The van der Waals surface area contributed by atoms with E-state index in [1.54, 1.807) is 0 Å². The van der Waals surface area contributed by atoms with E-state index in [9.17, 15) is 14.2 Å². The summed E-state index contributed by atoms with van der Waals surface area (Å²) in [7, 11) is -4.75. The quantitative estimate of drug-likeness (QED) is 0.0448. The lowest BCUT2D eigenvalue weighted by atomic mass is 10.1. The van der Waals surface area contributed by atoms with Crippen LogP contribution in [0.5, 0.6) is 0 Å². The number of carbonyl (C=O) groups excluding carboxylic acids is 2. The molecule has 1 unspecified atom stereocenters. The molecule has 0 rings (SSSR count). The molecular formula is C25H44Cl3N2O7P. The van der Waals surface area contributed by atoms with Gasteiger partial charge in [0.1, 0.15) is 6.61 Å². The predicted molar refractivity (Wildman–Crippen MR) is 154 cm³/mol. The normalized spacial score (nSPS) is 13.2. The van der Waals surface area contributed by atoms with E-state index in [-0.39, 0.29) is 18.9 Å². The van der Waals surface area contributed by atoms with Crippen molar-refractivity contribution in [3.05, 3.63) is 24.3 Å². The Morgan fingerprint density at radius 1 is 0.947 bits per heavy atom. The second kappa shape index (κ2) is 23.0. The molecule has 4 N–H and O–H groups in total. The van der Waals surface area contributed by atoms with Crippen molar-refractivity contribution in [2.75, 3.05) is 19.8 Å². The van der Waals surface area contributed by atoms with Crippen LogP contribution < -0.4 is 10.6 Å². The number of rotatable bonds is 22. The van der Waals surface area contributed by atoms with Crippen LogP contribution in [-0.2, 0) is 18.6 Å². The summed E-state index contributed by atoms with van der Waals surface area (Å²) >= 11 is 16.6. The van der Waals surface area contributed by atoms with Crippen LogP contribution in [0.3, 0.4) is 0 Å². The van der Waals surface area contributed by atoms with Crippen LogP contribution in [0, 0.1) is 0 Å². The zero-order valence-electron chi connectivity index (χ0n) is 22.2. The van der Waals surface area contributed by atoms with Crippen molar-refractivity contribution in [3.8, 4) is 0 Å². The van der Waals surface area contributed by atoms with Gasteiger partial charge in [-0.05, 0) is 44.9 Å². The summed E-state index contributed by atoms with van der Waals surface area (Å²) < 4.78 is 18.4. The molecule has 13 heteroatoms. The highest BCUT2D eigenvalue weighted by Gasteiger charge is 2.24. The van der Waals surface area contributed by atoms with Gasteiger partial charge < -0.3 is 25.2 Å². The van der Waals surface area contributed by atoms with Crippen LogP contribution in [0.2, 0.25) is 0 Å². The number of halogens is 3. The number of phosphoric acid groups is 1. The molecule has 0 aliphatic carbocycles. The van der Waals surface area contributed by atoms with Gasteiger partial charge in [-0.15, -0.1) is 0 Å². The largest absolute Gasteiger partial charge is 0.469 e. The minimum Gasteiger partial charge on any atom is -0.445 e. The van der Waals surface area contributed by atoms with Gasteiger partial charge in [-0.3, -0.25) is 9.32 Å². The average Bonchev–Trinajstić information content (AvgIpc) is 2.82. The number of phosphoric ester groups is 1. The van der Waals surface area contributed by atoms with Gasteiger partial charge in [0.25, 0.3) is 0 Å². The Labute approximate surface area is 242 Å². The van der Waals surface area contributed by atoms with Crippen molar-refractivity contribution in [2.24, 2.45) is 0 Å². The number of alkyl halides is 3. The van der Waals surface area contributed by atoms with E-state index >= 15 is 0 Å². The molecule has 9 nitrogen and oxygen atoms in total. The third kappa shape index (κ3) is 28.2. The number of hydrogen-bond acceptors (Lipinski definition) is 5. The van der Waals surface area contributed by atoms with Crippen molar-refractivity contribution in [2.45, 2.75) is 100 Å². The van der Waals surface area contributed by atoms with Gasteiger partial charge in [0.15, 0.2) is 0 Å². The summed E-state index contributed by atoms with van der Waals surface area (Å²) in [5.74, 6) is -0.135. The predicted octanol–water partition coefficient (Wildman–Crippen LogP) is 6.88. The maximum absolute atomic E-state index is 12.1. The molecule has 2 amide bonds. The van der Waals surface area contributed by atoms with Crippen molar-refractivity contribution < 1.29 is 33.2 Å². The minimum atomic E-state index is -4.75. The third-order valence-electron chi connectivity index (χ3n) is 5.30. The van der Waals surface area contributed by atoms with Gasteiger partial charge in [0.2, 0.25) is 9.70 Å². The Balaban J connectivity index is 3.98. The number of nitrogens with one attached hydrogen (secondary N) is 2. The number of carbonyl (C=O) groups is 2. The molecule has 0 aromatic rings. The first-order valence-corrected chi connectivity index (χ1v) is 15.9. The van der Waals surface area contributed by atoms with E-state index in [4.69, 9.17) is 49.3 Å². The summed E-state index contributed by atoms with van der Waals surface area (Å²) in [5, 5.41) is 5.10. The van der Waals surface area contributed by atoms with Crippen molar-refractivity contribution >= 4 is 54.6 Å². The molecule has 0 radical (unpaired) electrons. The van der Waals surface area contributed by atoms with E-state index in [1.807, 2.05) is 0 Å². The molecule has 0 fully saturated rings. The summed E-state index contributed by atoms with van der Waals surface area (Å²) in [6.07, 6.45) is 20.7. The summed E-state index contributed by atoms with van der Waals surface area (Å²) in [6, 6.07) is -0.846. The Hall–Kier alpha value is -0.800. The number of hydrogen-bond donors (Lipinski definition) is 4. The lowest BCUT2D eigenvalue weighted by Crippen LogP contribution is -2.41. The topological polar surface area (TPSA) is 134 Å². The van der Waals surface area contributed by atoms with E-state index in [2.05, 4.69) is 46.4 Å². The monoisotopic (exact) mass is 620 g/mol. The fourth-order valence-corrected chi connectivity index (χ4v) is 3.85. The molecule has 0 spiro atoms. The Bertz CT molecular complexity index is 743. The van der Waals surface area contributed by atoms with Gasteiger partial charge in [-0.2, -0.15) is 0 Å². The van der Waals surface area contributed by atoms with Crippen molar-refractivity contribution in [1.82, 2.24) is 10.6 Å². The van der Waals surface area contributed by atoms with Gasteiger partial charge in [0.05, 0.1) is 12.6 Å². The molecule has 1 atom stereocenters. The highest BCUT2D eigenvalue weighted by Crippen LogP contribution is 2.35. The molecule has 0 saturated heterocycles. The third-order valence-corrected chi connectivity index (χ3v) is 6.11. The van der Waals surface area contributed by atoms with Gasteiger partial charge >= 0.3 is 13.9 Å². The molecule has 0 bridgehead atoms. The van der Waals surface area contributed by atoms with E-state index in [0.717, 1.165) is 44.9 Å². The highest BCUT2D eigenvalue weighted by atomic mass is 35.6. The van der Waals surface area contributed by atoms with Crippen LogP contribution in [0.4, 0.5) is 4.79 Å². The molecule has 0 aliphatic rings. The summed E-state index contributed by atoms with van der Waals surface area (Å²) in [6.45, 7) is 1.37. The molecule has 0 heterocycles. The molecule has 222 valence electrons. The molecule has 0 saturated carbocycles. The SMILES string of the molecule is CCCCCC=CCC=CCCCCCCCC(=O)NCCC(COP(=O)(O)O)NC(=O)OCC(Cl)(Cl)Cl. The van der Waals surface area contributed by atoms with Gasteiger partial charge in [-0.1, -0.05) is 98.1 Å². The smallest absolute Gasteiger partial charge is 0.445 e. The van der Waals surface area contributed by atoms with Crippen LogP contribution in [0.25, 0.3) is 0 Å². The Morgan fingerprint density at radius 3 is 2.16 bits per heavy atom. The first-order chi connectivity index (χ1) is 17.9. The number of amides is 2. The zero-order chi connectivity index (χ0) is 28.7.